The number of rotatable bonds is 5. The minimum absolute atomic E-state index is 0.405. The van der Waals surface area contributed by atoms with E-state index in [4.69, 9.17) is 21.4 Å². The number of hydrogen-bond acceptors (Lipinski definition) is 2. The standard InChI is InChI=1S/C16H14BrClO3/c1-10(16(19)20)12-4-2-11(3-5-12)9-21-15-7-6-13(18)8-14(15)17/h2-8,10H,9H2,1H3,(H,19,20). The van der Waals surface area contributed by atoms with Gasteiger partial charge < -0.3 is 9.84 Å². The average Bonchev–Trinajstić information content (AvgIpc) is 2.46. The Balaban J connectivity index is 2.02. The molecule has 5 heteroatoms. The summed E-state index contributed by atoms with van der Waals surface area (Å²) in [6, 6.07) is 12.7. The third-order valence-corrected chi connectivity index (χ3v) is 3.99. The molecule has 0 saturated carbocycles. The van der Waals surface area contributed by atoms with E-state index in [0.717, 1.165) is 15.6 Å². The summed E-state index contributed by atoms with van der Waals surface area (Å²) in [5, 5.41) is 9.61. The van der Waals surface area contributed by atoms with Gasteiger partial charge in [-0.3, -0.25) is 4.79 Å². The van der Waals surface area contributed by atoms with Gasteiger partial charge in [0.1, 0.15) is 12.4 Å². The fraction of sp³-hybridized carbons (Fsp3) is 0.188. The lowest BCUT2D eigenvalue weighted by atomic mass is 10.0. The Morgan fingerprint density at radius 1 is 1.29 bits per heavy atom. The Labute approximate surface area is 136 Å². The summed E-state index contributed by atoms with van der Waals surface area (Å²) in [7, 11) is 0. The quantitative estimate of drug-likeness (QED) is 0.818. The van der Waals surface area contributed by atoms with Gasteiger partial charge in [0.15, 0.2) is 0 Å². The SMILES string of the molecule is CC(C(=O)O)c1ccc(COc2ccc(Cl)cc2Br)cc1. The largest absolute Gasteiger partial charge is 0.488 e. The third kappa shape index (κ3) is 4.22. The highest BCUT2D eigenvalue weighted by atomic mass is 79.9. The number of carboxylic acid groups (broad SMARTS) is 1. The maximum atomic E-state index is 10.9. The zero-order valence-electron chi connectivity index (χ0n) is 11.3. The molecule has 0 aliphatic heterocycles. The van der Waals surface area contributed by atoms with E-state index in [9.17, 15) is 4.79 Å². The Morgan fingerprint density at radius 3 is 2.52 bits per heavy atom. The number of benzene rings is 2. The summed E-state index contributed by atoms with van der Waals surface area (Å²) >= 11 is 9.27. The van der Waals surface area contributed by atoms with Crippen molar-refractivity contribution in [1.82, 2.24) is 0 Å². The Bertz CT molecular complexity index is 640. The van der Waals surface area contributed by atoms with Crippen molar-refractivity contribution in [2.75, 3.05) is 0 Å². The molecule has 0 radical (unpaired) electrons. The van der Waals surface area contributed by atoms with Gasteiger partial charge in [-0.15, -0.1) is 0 Å². The smallest absolute Gasteiger partial charge is 0.310 e. The van der Waals surface area contributed by atoms with Gasteiger partial charge in [0.05, 0.1) is 10.4 Å². The van der Waals surface area contributed by atoms with Gasteiger partial charge in [-0.25, -0.2) is 0 Å². The molecule has 2 rings (SSSR count). The normalized spacial score (nSPS) is 12.0. The topological polar surface area (TPSA) is 46.5 Å². The first-order chi connectivity index (χ1) is 9.97. The van der Waals surface area contributed by atoms with Gasteiger partial charge >= 0.3 is 5.97 Å². The molecule has 0 amide bonds. The molecule has 21 heavy (non-hydrogen) atoms. The van der Waals surface area contributed by atoms with E-state index >= 15 is 0 Å². The predicted molar refractivity (Wildman–Crippen MR) is 86.0 cm³/mol. The summed E-state index contributed by atoms with van der Waals surface area (Å²) < 4.78 is 6.50. The first kappa shape index (κ1) is 15.9. The van der Waals surface area contributed by atoms with Crippen LogP contribution in [0, 0.1) is 0 Å². The number of hydrogen-bond donors (Lipinski definition) is 1. The van der Waals surface area contributed by atoms with Gasteiger partial charge in [0, 0.05) is 5.02 Å². The molecule has 1 atom stereocenters. The van der Waals surface area contributed by atoms with Crippen LogP contribution in [0.4, 0.5) is 0 Å². The van der Waals surface area contributed by atoms with Crippen LogP contribution in [0.25, 0.3) is 0 Å². The molecule has 2 aromatic rings. The van der Waals surface area contributed by atoms with Crippen LogP contribution in [0.2, 0.25) is 5.02 Å². The predicted octanol–water partition coefficient (Wildman–Crippen LogP) is 4.87. The molecule has 0 spiro atoms. The van der Waals surface area contributed by atoms with E-state index in [0.29, 0.717) is 17.4 Å². The molecule has 0 bridgehead atoms. The monoisotopic (exact) mass is 368 g/mol. The van der Waals surface area contributed by atoms with E-state index in [1.807, 2.05) is 24.3 Å². The van der Waals surface area contributed by atoms with Crippen molar-refractivity contribution in [2.24, 2.45) is 0 Å². The van der Waals surface area contributed by atoms with Crippen LogP contribution in [-0.4, -0.2) is 11.1 Å². The molecule has 1 unspecified atom stereocenters. The van der Waals surface area contributed by atoms with Gasteiger partial charge in [-0.1, -0.05) is 35.9 Å². The maximum Gasteiger partial charge on any atom is 0.310 e. The van der Waals surface area contributed by atoms with Crippen molar-refractivity contribution >= 4 is 33.5 Å². The molecule has 0 aliphatic rings. The molecule has 3 nitrogen and oxygen atoms in total. The van der Waals surface area contributed by atoms with Crippen LogP contribution in [0.15, 0.2) is 46.9 Å². The van der Waals surface area contributed by atoms with Crippen LogP contribution in [0.3, 0.4) is 0 Å². The van der Waals surface area contributed by atoms with Crippen molar-refractivity contribution in [3.8, 4) is 5.75 Å². The van der Waals surface area contributed by atoms with Gasteiger partial charge in [-0.05, 0) is 52.2 Å². The van der Waals surface area contributed by atoms with E-state index in [2.05, 4.69) is 15.9 Å². The number of ether oxygens (including phenoxy) is 1. The zero-order valence-corrected chi connectivity index (χ0v) is 13.7. The fourth-order valence-corrected chi connectivity index (χ4v) is 2.60. The summed E-state index contributed by atoms with van der Waals surface area (Å²) in [6.45, 7) is 2.07. The van der Waals surface area contributed by atoms with Crippen LogP contribution < -0.4 is 4.74 Å². The molecule has 1 N–H and O–H groups in total. The fourth-order valence-electron chi connectivity index (χ4n) is 1.80. The van der Waals surface area contributed by atoms with E-state index < -0.39 is 11.9 Å². The summed E-state index contributed by atoms with van der Waals surface area (Å²) in [5.74, 6) is -0.628. The first-order valence-electron chi connectivity index (χ1n) is 6.37. The van der Waals surface area contributed by atoms with Crippen molar-refractivity contribution < 1.29 is 14.6 Å². The second-order valence-corrected chi connectivity index (χ2v) is 5.96. The minimum atomic E-state index is -0.830. The molecular formula is C16H14BrClO3. The Hall–Kier alpha value is -1.52. The second-order valence-electron chi connectivity index (χ2n) is 4.66. The first-order valence-corrected chi connectivity index (χ1v) is 7.54. The summed E-state index contributed by atoms with van der Waals surface area (Å²) in [6.07, 6.45) is 0. The molecule has 0 heterocycles. The number of aliphatic carboxylic acids is 1. The van der Waals surface area contributed by atoms with Gasteiger partial charge in [0.2, 0.25) is 0 Å². The Kier molecular flexibility index (Phi) is 5.26. The number of carbonyl (C=O) groups is 1. The lowest BCUT2D eigenvalue weighted by molar-refractivity contribution is -0.138. The van der Waals surface area contributed by atoms with Crippen LogP contribution in [0.1, 0.15) is 24.0 Å². The number of carboxylic acids is 1. The molecule has 2 aromatic carbocycles. The van der Waals surface area contributed by atoms with Crippen molar-refractivity contribution in [3.05, 3.63) is 63.1 Å². The molecule has 0 fully saturated rings. The highest BCUT2D eigenvalue weighted by molar-refractivity contribution is 9.10. The van der Waals surface area contributed by atoms with Crippen molar-refractivity contribution in [3.63, 3.8) is 0 Å². The van der Waals surface area contributed by atoms with Crippen LogP contribution in [-0.2, 0) is 11.4 Å². The summed E-state index contributed by atoms with van der Waals surface area (Å²) in [4.78, 5) is 10.9. The third-order valence-electron chi connectivity index (χ3n) is 3.14. The number of halogens is 2. The van der Waals surface area contributed by atoms with Crippen molar-refractivity contribution in [2.45, 2.75) is 19.4 Å². The van der Waals surface area contributed by atoms with E-state index in [-0.39, 0.29) is 0 Å². The highest BCUT2D eigenvalue weighted by Gasteiger charge is 2.13. The average molecular weight is 370 g/mol. The van der Waals surface area contributed by atoms with E-state index in [1.54, 1.807) is 25.1 Å². The zero-order chi connectivity index (χ0) is 15.4. The summed E-state index contributed by atoms with van der Waals surface area (Å²) in [5.41, 5.74) is 1.75. The molecular weight excluding hydrogens is 356 g/mol. The van der Waals surface area contributed by atoms with Crippen molar-refractivity contribution in [1.29, 1.82) is 0 Å². The van der Waals surface area contributed by atoms with Crippen LogP contribution >= 0.6 is 27.5 Å². The molecule has 0 saturated heterocycles. The molecule has 0 aliphatic carbocycles. The van der Waals surface area contributed by atoms with E-state index in [1.165, 1.54) is 0 Å². The minimum Gasteiger partial charge on any atom is -0.488 e. The molecule has 110 valence electrons. The lowest BCUT2D eigenvalue weighted by Crippen LogP contribution is -2.07. The lowest BCUT2D eigenvalue weighted by Gasteiger charge is -2.10. The van der Waals surface area contributed by atoms with Gasteiger partial charge in [-0.2, -0.15) is 0 Å². The highest BCUT2D eigenvalue weighted by Crippen LogP contribution is 2.28. The second kappa shape index (κ2) is 6.96. The van der Waals surface area contributed by atoms with Crippen LogP contribution in [0.5, 0.6) is 5.75 Å². The maximum absolute atomic E-state index is 10.9. The molecule has 0 aromatic heterocycles. The van der Waals surface area contributed by atoms with Gasteiger partial charge in [0.25, 0.3) is 0 Å². The Morgan fingerprint density at radius 2 is 1.95 bits per heavy atom.